The highest BCUT2D eigenvalue weighted by atomic mass is 16.3. The lowest BCUT2D eigenvalue weighted by atomic mass is 9.71. The second-order valence-corrected chi connectivity index (χ2v) is 16.3. The van der Waals surface area contributed by atoms with Crippen LogP contribution in [-0.4, -0.2) is 22.4 Å². The van der Waals surface area contributed by atoms with Gasteiger partial charge in [0.1, 0.15) is 0 Å². The number of hydrogen-bond acceptors (Lipinski definition) is 2. The average molecular weight is 583 g/mol. The van der Waals surface area contributed by atoms with E-state index in [1.165, 1.54) is 80.9 Å². The molecule has 2 aliphatic carbocycles. The highest BCUT2D eigenvalue weighted by molar-refractivity contribution is 5.34. The minimum atomic E-state index is -0.208. The van der Waals surface area contributed by atoms with Gasteiger partial charge < -0.3 is 10.2 Å². The Hall–Kier alpha value is -1.12. The van der Waals surface area contributed by atoms with Crippen LogP contribution in [0.15, 0.2) is 47.1 Å². The lowest BCUT2D eigenvalue weighted by Gasteiger charge is -2.36. The van der Waals surface area contributed by atoms with E-state index in [1.807, 2.05) is 0 Å². The molecule has 2 heteroatoms. The average Bonchev–Trinajstić information content (AvgIpc) is 2.86. The van der Waals surface area contributed by atoms with Gasteiger partial charge in [0.05, 0.1) is 12.2 Å². The van der Waals surface area contributed by atoms with Crippen LogP contribution in [0.1, 0.15) is 153 Å². The van der Waals surface area contributed by atoms with Crippen molar-refractivity contribution in [3.8, 4) is 0 Å². The van der Waals surface area contributed by atoms with Crippen molar-refractivity contribution in [1.82, 2.24) is 0 Å². The maximum Gasteiger partial charge on any atom is 0.0608 e. The van der Waals surface area contributed by atoms with Gasteiger partial charge in [0.15, 0.2) is 0 Å². The minimum absolute atomic E-state index is 0.0693. The molecule has 0 heterocycles. The molecule has 2 nitrogen and oxygen atoms in total. The van der Waals surface area contributed by atoms with Crippen molar-refractivity contribution in [1.29, 1.82) is 0 Å². The van der Waals surface area contributed by atoms with E-state index >= 15 is 0 Å². The third kappa shape index (κ3) is 12.9. The quantitative estimate of drug-likeness (QED) is 0.167. The van der Waals surface area contributed by atoms with Gasteiger partial charge in [0.2, 0.25) is 0 Å². The molecule has 7 atom stereocenters. The zero-order chi connectivity index (χ0) is 31.5. The van der Waals surface area contributed by atoms with Crippen LogP contribution in [0.5, 0.6) is 0 Å². The Bertz CT molecular complexity index is 916. The summed E-state index contributed by atoms with van der Waals surface area (Å²) in [6, 6.07) is 0. The number of aliphatic hydroxyl groups excluding tert-OH is 2. The van der Waals surface area contributed by atoms with Gasteiger partial charge >= 0.3 is 0 Å². The molecule has 0 spiro atoms. The van der Waals surface area contributed by atoms with Crippen LogP contribution in [0.2, 0.25) is 0 Å². The number of aliphatic hydroxyl groups is 2. The SMILES string of the molecule is CC1=C(/C=C/C(C)CCCC(C)CCCCC(C)CCCC(C)/C=C/C2=C[C@H](C)[C@H](O)CC2(C)C)C(C)(C)C[C@@H](O)C1. The molecular weight excluding hydrogens is 512 g/mol. The fourth-order valence-electron chi connectivity index (χ4n) is 7.48. The molecule has 0 bridgehead atoms. The number of hydrogen-bond donors (Lipinski definition) is 2. The van der Waals surface area contributed by atoms with Crippen molar-refractivity contribution >= 4 is 0 Å². The molecule has 2 rings (SSSR count). The first kappa shape index (κ1) is 37.1. The fraction of sp³-hybridized carbons (Fsp3) is 0.800. The van der Waals surface area contributed by atoms with Crippen LogP contribution in [0.25, 0.3) is 0 Å². The van der Waals surface area contributed by atoms with Crippen LogP contribution >= 0.6 is 0 Å². The van der Waals surface area contributed by atoms with Gasteiger partial charge in [0, 0.05) is 5.92 Å². The summed E-state index contributed by atoms with van der Waals surface area (Å²) in [6.07, 6.45) is 27.4. The Morgan fingerprint density at radius 3 is 1.76 bits per heavy atom. The molecule has 0 aromatic rings. The van der Waals surface area contributed by atoms with E-state index in [9.17, 15) is 10.2 Å². The van der Waals surface area contributed by atoms with E-state index in [4.69, 9.17) is 0 Å². The van der Waals surface area contributed by atoms with Crippen LogP contribution in [0.4, 0.5) is 0 Å². The molecule has 242 valence electrons. The number of unbranched alkanes of at least 4 members (excludes halogenated alkanes) is 1. The van der Waals surface area contributed by atoms with E-state index < -0.39 is 0 Å². The molecule has 2 aliphatic rings. The Morgan fingerprint density at radius 2 is 1.24 bits per heavy atom. The zero-order valence-electron chi connectivity index (χ0n) is 29.5. The van der Waals surface area contributed by atoms with Gasteiger partial charge in [-0.1, -0.05) is 150 Å². The van der Waals surface area contributed by atoms with E-state index in [1.54, 1.807) is 0 Å². The first-order valence-electron chi connectivity index (χ1n) is 17.8. The molecule has 4 unspecified atom stereocenters. The highest BCUT2D eigenvalue weighted by Gasteiger charge is 2.33. The monoisotopic (exact) mass is 583 g/mol. The van der Waals surface area contributed by atoms with Crippen molar-refractivity contribution in [2.75, 3.05) is 0 Å². The van der Waals surface area contributed by atoms with Crippen LogP contribution in [-0.2, 0) is 0 Å². The molecule has 0 saturated carbocycles. The molecule has 0 saturated heterocycles. The molecule has 0 radical (unpaired) electrons. The van der Waals surface area contributed by atoms with Crippen molar-refractivity contribution in [2.24, 2.45) is 40.4 Å². The van der Waals surface area contributed by atoms with Crippen molar-refractivity contribution in [2.45, 2.75) is 165 Å². The van der Waals surface area contributed by atoms with Gasteiger partial charge in [-0.2, -0.15) is 0 Å². The topological polar surface area (TPSA) is 40.5 Å². The Labute approximate surface area is 262 Å². The molecule has 0 fully saturated rings. The van der Waals surface area contributed by atoms with E-state index in [-0.39, 0.29) is 29.0 Å². The van der Waals surface area contributed by atoms with Crippen molar-refractivity contribution in [3.05, 3.63) is 47.1 Å². The van der Waals surface area contributed by atoms with E-state index in [0.29, 0.717) is 11.8 Å². The standard InChI is InChI=1S/C40H70O2/c1-29(17-13-19-31(3)21-23-35-25-34(6)38(42)28-39(35,7)8)15-11-12-16-30(2)18-14-20-32(4)22-24-37-33(5)26-36(41)27-40(37,9)10/h21-25,29-32,34,36,38,41-42H,11-20,26-28H2,1-10H3/b23-21+,24-22+/t29?,30?,31?,32?,34-,36-,38+/m0/s1. The first-order valence-corrected chi connectivity index (χ1v) is 17.8. The van der Waals surface area contributed by atoms with E-state index in [0.717, 1.165) is 31.1 Å². The lowest BCUT2D eigenvalue weighted by molar-refractivity contribution is 0.0847. The zero-order valence-corrected chi connectivity index (χ0v) is 29.5. The summed E-state index contributed by atoms with van der Waals surface area (Å²) in [5.74, 6) is 3.16. The van der Waals surface area contributed by atoms with Crippen molar-refractivity contribution < 1.29 is 10.2 Å². The smallest absolute Gasteiger partial charge is 0.0608 e. The third-order valence-electron chi connectivity index (χ3n) is 10.6. The molecule has 42 heavy (non-hydrogen) atoms. The lowest BCUT2D eigenvalue weighted by Crippen LogP contribution is -2.31. The van der Waals surface area contributed by atoms with Crippen molar-refractivity contribution in [3.63, 3.8) is 0 Å². The molecule has 2 N–H and O–H groups in total. The predicted molar refractivity (Wildman–Crippen MR) is 184 cm³/mol. The molecular formula is C40H70O2. The molecule has 0 aromatic heterocycles. The summed E-state index contributed by atoms with van der Waals surface area (Å²) >= 11 is 0. The predicted octanol–water partition coefficient (Wildman–Crippen LogP) is 11.4. The maximum atomic E-state index is 10.2. The van der Waals surface area contributed by atoms with Gasteiger partial charge in [-0.15, -0.1) is 0 Å². The molecule has 0 amide bonds. The summed E-state index contributed by atoms with van der Waals surface area (Å²) in [5.41, 5.74) is 4.36. The Morgan fingerprint density at radius 1 is 0.738 bits per heavy atom. The van der Waals surface area contributed by atoms with Crippen LogP contribution in [0, 0.1) is 40.4 Å². The summed E-state index contributed by atoms with van der Waals surface area (Å²) in [6.45, 7) is 23.0. The van der Waals surface area contributed by atoms with Gasteiger partial charge in [-0.25, -0.2) is 0 Å². The molecule has 0 aromatic carbocycles. The minimum Gasteiger partial charge on any atom is -0.393 e. The van der Waals surface area contributed by atoms with Crippen LogP contribution < -0.4 is 0 Å². The Kier molecular flexibility index (Phi) is 15.3. The summed E-state index contributed by atoms with van der Waals surface area (Å²) < 4.78 is 0. The summed E-state index contributed by atoms with van der Waals surface area (Å²) in [7, 11) is 0. The fourth-order valence-corrected chi connectivity index (χ4v) is 7.48. The maximum absolute atomic E-state index is 10.2. The summed E-state index contributed by atoms with van der Waals surface area (Å²) in [4.78, 5) is 0. The first-order chi connectivity index (χ1) is 19.6. The summed E-state index contributed by atoms with van der Waals surface area (Å²) in [5, 5.41) is 20.4. The second-order valence-electron chi connectivity index (χ2n) is 16.3. The second kappa shape index (κ2) is 17.4. The number of rotatable bonds is 17. The van der Waals surface area contributed by atoms with E-state index in [2.05, 4.69) is 99.6 Å². The normalized spacial score (nSPS) is 27.3. The highest BCUT2D eigenvalue weighted by Crippen LogP contribution is 2.41. The largest absolute Gasteiger partial charge is 0.393 e. The third-order valence-corrected chi connectivity index (χ3v) is 10.6. The van der Waals surface area contributed by atoms with Gasteiger partial charge in [-0.3, -0.25) is 0 Å². The number of allylic oxidation sites excluding steroid dienone is 6. The van der Waals surface area contributed by atoms with Crippen LogP contribution in [0.3, 0.4) is 0 Å². The Balaban J connectivity index is 1.56. The van der Waals surface area contributed by atoms with Gasteiger partial charge in [0.25, 0.3) is 0 Å². The van der Waals surface area contributed by atoms with Gasteiger partial charge in [-0.05, 0) is 84.7 Å². The molecule has 0 aliphatic heterocycles.